The summed E-state index contributed by atoms with van der Waals surface area (Å²) < 4.78 is 37.5. The summed E-state index contributed by atoms with van der Waals surface area (Å²) in [7, 11) is 3.07. The van der Waals surface area contributed by atoms with Crippen LogP contribution in [-0.4, -0.2) is 25.1 Å². The lowest BCUT2D eigenvalue weighted by Gasteiger charge is -2.07. The minimum absolute atomic E-state index is 0.0395. The topological polar surface area (TPSA) is 60.5 Å². The van der Waals surface area contributed by atoms with E-state index in [0.717, 1.165) is 35.1 Å². The maximum atomic E-state index is 13.8. The van der Waals surface area contributed by atoms with Gasteiger partial charge in [0.05, 0.1) is 19.9 Å². The van der Waals surface area contributed by atoms with E-state index in [-0.39, 0.29) is 16.4 Å². The number of hydrogen-bond donors (Lipinski definition) is 1. The summed E-state index contributed by atoms with van der Waals surface area (Å²) in [6.07, 6.45) is 2.95. The van der Waals surface area contributed by atoms with Gasteiger partial charge in [-0.3, -0.25) is 10.1 Å². The average molecular weight is 402 g/mol. The molecule has 1 heterocycles. The van der Waals surface area contributed by atoms with Gasteiger partial charge in [0, 0.05) is 17.0 Å². The first-order valence-corrected chi connectivity index (χ1v) is 9.00. The molecule has 1 aromatic heterocycles. The third-order valence-electron chi connectivity index (χ3n) is 3.77. The number of methoxy groups -OCH3 is 2. The fourth-order valence-electron chi connectivity index (χ4n) is 2.42. The number of amides is 1. The van der Waals surface area contributed by atoms with Crippen molar-refractivity contribution in [2.24, 2.45) is 0 Å². The van der Waals surface area contributed by atoms with Crippen molar-refractivity contribution in [1.29, 1.82) is 0 Å². The zero-order valence-electron chi connectivity index (χ0n) is 15.0. The molecule has 1 amide bonds. The molecule has 0 radical (unpaired) electrons. The van der Waals surface area contributed by atoms with Crippen LogP contribution < -0.4 is 14.8 Å². The molecule has 0 aliphatic heterocycles. The lowest BCUT2D eigenvalue weighted by Crippen LogP contribution is -2.07. The van der Waals surface area contributed by atoms with Gasteiger partial charge in [-0.2, -0.15) is 0 Å². The summed E-state index contributed by atoms with van der Waals surface area (Å²) in [5, 5.41) is 4.42. The Kier molecular flexibility index (Phi) is 6.00. The Bertz CT molecular complexity index is 1030. The summed E-state index contributed by atoms with van der Waals surface area (Å²) in [4.78, 5) is 16.2. The van der Waals surface area contributed by atoms with Crippen LogP contribution in [0.1, 0.15) is 5.56 Å². The molecular weight excluding hydrogens is 386 g/mol. The minimum Gasteiger partial charge on any atom is -0.493 e. The van der Waals surface area contributed by atoms with Crippen LogP contribution >= 0.6 is 11.3 Å². The van der Waals surface area contributed by atoms with Gasteiger partial charge in [-0.15, -0.1) is 11.3 Å². The Morgan fingerprint density at radius 1 is 1.11 bits per heavy atom. The molecule has 0 saturated heterocycles. The summed E-state index contributed by atoms with van der Waals surface area (Å²) in [5.74, 6) is -0.420. The fourth-order valence-corrected chi connectivity index (χ4v) is 3.14. The molecule has 0 fully saturated rings. The standard InChI is InChI=1S/C20H16F2N2O3S/c1-26-17-7-3-12(9-18(17)27-2)4-8-19(25)24-20-23-16(11-28-20)14-10-13(21)5-6-15(14)22/h3-11H,1-2H3,(H,23,24,25)/b8-4+. The quantitative estimate of drug-likeness (QED) is 0.604. The van der Waals surface area contributed by atoms with E-state index < -0.39 is 17.5 Å². The molecule has 0 aliphatic carbocycles. The number of hydrogen-bond acceptors (Lipinski definition) is 5. The third kappa shape index (κ3) is 4.52. The Labute approximate surface area is 164 Å². The predicted octanol–water partition coefficient (Wildman–Crippen LogP) is 4.76. The van der Waals surface area contributed by atoms with Crippen LogP contribution in [-0.2, 0) is 4.79 Å². The SMILES string of the molecule is COc1ccc(/C=C/C(=O)Nc2nc(-c3cc(F)ccc3F)cs2)cc1OC. The van der Waals surface area contributed by atoms with Crippen molar-refractivity contribution in [3.63, 3.8) is 0 Å². The number of carbonyl (C=O) groups is 1. The number of anilines is 1. The second-order valence-electron chi connectivity index (χ2n) is 5.60. The highest BCUT2D eigenvalue weighted by Crippen LogP contribution is 2.29. The van der Waals surface area contributed by atoms with Gasteiger partial charge in [-0.1, -0.05) is 6.07 Å². The first-order chi connectivity index (χ1) is 13.5. The Morgan fingerprint density at radius 3 is 2.64 bits per heavy atom. The van der Waals surface area contributed by atoms with Gasteiger partial charge in [-0.25, -0.2) is 13.8 Å². The smallest absolute Gasteiger partial charge is 0.250 e. The second kappa shape index (κ2) is 8.62. The maximum absolute atomic E-state index is 13.8. The van der Waals surface area contributed by atoms with Crippen LogP contribution in [0.5, 0.6) is 11.5 Å². The van der Waals surface area contributed by atoms with Crippen LogP contribution in [0.25, 0.3) is 17.3 Å². The molecule has 0 bridgehead atoms. The molecule has 0 saturated carbocycles. The van der Waals surface area contributed by atoms with Gasteiger partial charge in [0.2, 0.25) is 5.91 Å². The Hall–Kier alpha value is -3.26. The van der Waals surface area contributed by atoms with Gasteiger partial charge in [0.25, 0.3) is 0 Å². The van der Waals surface area contributed by atoms with Crippen LogP contribution in [0.4, 0.5) is 13.9 Å². The molecule has 2 aromatic carbocycles. The van der Waals surface area contributed by atoms with Crippen molar-refractivity contribution < 1.29 is 23.0 Å². The van der Waals surface area contributed by atoms with E-state index in [1.54, 1.807) is 36.8 Å². The Morgan fingerprint density at radius 2 is 1.89 bits per heavy atom. The molecule has 0 unspecified atom stereocenters. The van der Waals surface area contributed by atoms with E-state index in [2.05, 4.69) is 10.3 Å². The van der Waals surface area contributed by atoms with Crippen LogP contribution in [0.3, 0.4) is 0 Å². The summed E-state index contributed by atoms with van der Waals surface area (Å²) >= 11 is 1.12. The largest absolute Gasteiger partial charge is 0.493 e. The van der Waals surface area contributed by atoms with Gasteiger partial charge < -0.3 is 9.47 Å². The minimum atomic E-state index is -0.585. The molecule has 144 valence electrons. The molecular formula is C20H16F2N2O3S. The second-order valence-corrected chi connectivity index (χ2v) is 6.46. The third-order valence-corrected chi connectivity index (χ3v) is 4.53. The molecule has 8 heteroatoms. The van der Waals surface area contributed by atoms with Gasteiger partial charge >= 0.3 is 0 Å². The van der Waals surface area contributed by atoms with Crippen molar-refractivity contribution >= 4 is 28.5 Å². The number of halogens is 2. The molecule has 28 heavy (non-hydrogen) atoms. The van der Waals surface area contributed by atoms with Crippen molar-refractivity contribution in [1.82, 2.24) is 4.98 Å². The van der Waals surface area contributed by atoms with Crippen LogP contribution in [0, 0.1) is 11.6 Å². The number of benzene rings is 2. The van der Waals surface area contributed by atoms with E-state index in [1.165, 1.54) is 13.2 Å². The number of thiazole rings is 1. The van der Waals surface area contributed by atoms with Crippen molar-refractivity contribution in [2.75, 3.05) is 19.5 Å². The highest BCUT2D eigenvalue weighted by Gasteiger charge is 2.11. The number of ether oxygens (including phenoxy) is 2. The fraction of sp³-hybridized carbons (Fsp3) is 0.100. The van der Waals surface area contributed by atoms with E-state index in [4.69, 9.17) is 9.47 Å². The first-order valence-electron chi connectivity index (χ1n) is 8.12. The number of carbonyl (C=O) groups excluding carboxylic acids is 1. The first kappa shape index (κ1) is 19.5. The maximum Gasteiger partial charge on any atom is 0.250 e. The summed E-state index contributed by atoms with van der Waals surface area (Å²) in [6, 6.07) is 8.38. The lowest BCUT2D eigenvalue weighted by atomic mass is 10.1. The van der Waals surface area contributed by atoms with E-state index in [0.29, 0.717) is 11.5 Å². The Balaban J connectivity index is 1.70. The van der Waals surface area contributed by atoms with Crippen LogP contribution in [0.15, 0.2) is 47.9 Å². The van der Waals surface area contributed by atoms with Gasteiger partial charge in [0.15, 0.2) is 16.6 Å². The van der Waals surface area contributed by atoms with Crippen LogP contribution in [0.2, 0.25) is 0 Å². The normalized spacial score (nSPS) is 10.9. The highest BCUT2D eigenvalue weighted by atomic mass is 32.1. The van der Waals surface area contributed by atoms with Crippen molar-refractivity contribution in [2.45, 2.75) is 0 Å². The lowest BCUT2D eigenvalue weighted by molar-refractivity contribution is -0.111. The monoisotopic (exact) mass is 402 g/mol. The number of nitrogens with zero attached hydrogens (tertiary/aromatic N) is 1. The van der Waals surface area contributed by atoms with Crippen molar-refractivity contribution in [3.8, 4) is 22.8 Å². The molecule has 1 N–H and O–H groups in total. The molecule has 3 aromatic rings. The number of rotatable bonds is 6. The van der Waals surface area contributed by atoms with E-state index in [9.17, 15) is 13.6 Å². The van der Waals surface area contributed by atoms with Gasteiger partial charge in [0.1, 0.15) is 11.6 Å². The summed E-state index contributed by atoms with van der Waals surface area (Å²) in [5.41, 5.74) is 1.04. The zero-order chi connectivity index (χ0) is 20.1. The van der Waals surface area contributed by atoms with E-state index in [1.807, 2.05) is 0 Å². The predicted molar refractivity (Wildman–Crippen MR) is 105 cm³/mol. The summed E-state index contributed by atoms with van der Waals surface area (Å²) in [6.45, 7) is 0. The molecule has 3 rings (SSSR count). The van der Waals surface area contributed by atoms with Crippen molar-refractivity contribution in [3.05, 3.63) is 65.1 Å². The van der Waals surface area contributed by atoms with E-state index >= 15 is 0 Å². The molecule has 5 nitrogen and oxygen atoms in total. The highest BCUT2D eigenvalue weighted by molar-refractivity contribution is 7.14. The van der Waals surface area contributed by atoms with Gasteiger partial charge in [-0.05, 0) is 42.0 Å². The zero-order valence-corrected chi connectivity index (χ0v) is 15.8. The number of nitrogens with one attached hydrogen (secondary N) is 1. The number of aromatic nitrogens is 1. The molecule has 0 spiro atoms. The average Bonchev–Trinajstić information content (AvgIpc) is 3.16. The molecule has 0 atom stereocenters. The molecule has 0 aliphatic rings.